The molecule has 2 aliphatic rings. The van der Waals surface area contributed by atoms with Gasteiger partial charge in [0, 0.05) is 62.4 Å². The number of anilines is 2. The molecule has 230 valence electrons. The summed E-state index contributed by atoms with van der Waals surface area (Å²) in [4.78, 5) is 30.8. The summed E-state index contributed by atoms with van der Waals surface area (Å²) in [5.74, 6) is -3.83. The van der Waals surface area contributed by atoms with Gasteiger partial charge in [-0.3, -0.25) is 19.4 Å². The van der Waals surface area contributed by atoms with Crippen molar-refractivity contribution in [2.75, 3.05) is 69.2 Å². The fraction of sp³-hybridized carbons (Fsp3) is 0.500. The Hall–Kier alpha value is -3.00. The molecule has 2 aromatic carbocycles. The summed E-state index contributed by atoms with van der Waals surface area (Å²) in [6, 6.07) is 6.85. The molecule has 2 amide bonds. The number of halogens is 6. The minimum absolute atomic E-state index is 0.108. The second-order valence-corrected chi connectivity index (χ2v) is 10.8. The lowest BCUT2D eigenvalue weighted by Gasteiger charge is -2.42. The Labute approximate surface area is 245 Å². The van der Waals surface area contributed by atoms with Crippen LogP contribution < -0.4 is 15.5 Å². The first-order valence-corrected chi connectivity index (χ1v) is 14.0. The van der Waals surface area contributed by atoms with Crippen LogP contribution >= 0.6 is 11.6 Å². The summed E-state index contributed by atoms with van der Waals surface area (Å²) >= 11 is 6.21. The Morgan fingerprint density at radius 2 is 1.76 bits per heavy atom. The van der Waals surface area contributed by atoms with Crippen molar-refractivity contribution in [1.82, 2.24) is 15.1 Å². The van der Waals surface area contributed by atoms with Crippen LogP contribution in [0.5, 0.6) is 0 Å². The molecular formula is C28H33ClF5N5O3. The predicted octanol–water partition coefficient (Wildman–Crippen LogP) is 4.28. The van der Waals surface area contributed by atoms with E-state index in [4.69, 9.17) is 16.3 Å². The molecule has 0 radical (unpaired) electrons. The lowest BCUT2D eigenvalue weighted by atomic mass is 10.1. The molecule has 0 saturated carbocycles. The number of nitrogens with zero attached hydrogens (tertiary/aromatic N) is 3. The van der Waals surface area contributed by atoms with Gasteiger partial charge in [-0.1, -0.05) is 17.7 Å². The first kappa shape index (κ1) is 31.9. The third-order valence-corrected chi connectivity index (χ3v) is 7.53. The van der Waals surface area contributed by atoms with Gasteiger partial charge in [-0.25, -0.2) is 8.78 Å². The molecule has 2 fully saturated rings. The minimum atomic E-state index is -4.24. The molecule has 0 spiro atoms. The number of carbonyl (C=O) groups is 2. The largest absolute Gasteiger partial charge is 0.390 e. The lowest BCUT2D eigenvalue weighted by Crippen LogP contribution is -2.52. The van der Waals surface area contributed by atoms with Gasteiger partial charge in [-0.2, -0.15) is 13.2 Å². The van der Waals surface area contributed by atoms with Crippen molar-refractivity contribution >= 4 is 34.8 Å². The van der Waals surface area contributed by atoms with E-state index in [2.05, 4.69) is 10.6 Å². The predicted molar refractivity (Wildman–Crippen MR) is 149 cm³/mol. The van der Waals surface area contributed by atoms with E-state index in [1.54, 1.807) is 11.0 Å². The fourth-order valence-electron chi connectivity index (χ4n) is 5.03. The van der Waals surface area contributed by atoms with Crippen molar-refractivity contribution in [3.63, 3.8) is 0 Å². The highest BCUT2D eigenvalue weighted by Gasteiger charge is 2.31. The van der Waals surface area contributed by atoms with Crippen LogP contribution in [0.15, 0.2) is 30.3 Å². The van der Waals surface area contributed by atoms with Gasteiger partial charge < -0.3 is 20.3 Å². The van der Waals surface area contributed by atoms with Crippen LogP contribution in [0.1, 0.15) is 29.3 Å². The number of amides is 2. The van der Waals surface area contributed by atoms with E-state index < -0.39 is 35.7 Å². The molecule has 8 nitrogen and oxygen atoms in total. The van der Waals surface area contributed by atoms with Crippen molar-refractivity contribution in [1.29, 1.82) is 0 Å². The van der Waals surface area contributed by atoms with Crippen LogP contribution in [0.3, 0.4) is 0 Å². The van der Waals surface area contributed by atoms with Crippen LogP contribution in [0.25, 0.3) is 0 Å². The van der Waals surface area contributed by atoms with Gasteiger partial charge >= 0.3 is 6.18 Å². The summed E-state index contributed by atoms with van der Waals surface area (Å²) < 4.78 is 73.1. The summed E-state index contributed by atoms with van der Waals surface area (Å²) in [5.41, 5.74) is 0.171. The maximum absolute atomic E-state index is 15.0. The Balaban J connectivity index is 1.41. The van der Waals surface area contributed by atoms with Gasteiger partial charge in [-0.15, -0.1) is 0 Å². The maximum Gasteiger partial charge on any atom is 0.390 e. The molecule has 0 aromatic heterocycles. The molecule has 2 aromatic rings. The van der Waals surface area contributed by atoms with Gasteiger partial charge in [0.05, 0.1) is 43.1 Å². The second-order valence-electron chi connectivity index (χ2n) is 10.4. The monoisotopic (exact) mass is 617 g/mol. The van der Waals surface area contributed by atoms with Crippen molar-refractivity contribution in [3.05, 3.63) is 58.1 Å². The number of hydrogen-bond acceptors (Lipinski definition) is 6. The van der Waals surface area contributed by atoms with Crippen LogP contribution in [0, 0.1) is 11.6 Å². The summed E-state index contributed by atoms with van der Waals surface area (Å²) in [6.45, 7) is 4.95. The number of carbonyl (C=O) groups excluding carboxylic acids is 2. The zero-order valence-electron chi connectivity index (χ0n) is 23.1. The number of morpholine rings is 1. The van der Waals surface area contributed by atoms with Crippen molar-refractivity contribution in [3.8, 4) is 0 Å². The van der Waals surface area contributed by atoms with Crippen LogP contribution in [-0.2, 0) is 16.1 Å². The lowest BCUT2D eigenvalue weighted by molar-refractivity contribution is -0.138. The third kappa shape index (κ3) is 8.52. The van der Waals surface area contributed by atoms with E-state index in [0.717, 1.165) is 6.07 Å². The average molecular weight is 618 g/mol. The van der Waals surface area contributed by atoms with E-state index >= 15 is 4.39 Å². The molecule has 2 heterocycles. The number of ether oxygens (including phenoxy) is 1. The highest BCUT2D eigenvalue weighted by Crippen LogP contribution is 2.33. The number of piperazine rings is 1. The number of alkyl halides is 3. The number of rotatable bonds is 9. The van der Waals surface area contributed by atoms with E-state index in [0.29, 0.717) is 62.3 Å². The molecule has 0 unspecified atom stereocenters. The summed E-state index contributed by atoms with van der Waals surface area (Å²) in [5, 5.41) is 5.55. The smallest absolute Gasteiger partial charge is 0.379 e. The van der Waals surface area contributed by atoms with E-state index in [1.807, 2.05) is 16.7 Å². The molecule has 2 saturated heterocycles. The van der Waals surface area contributed by atoms with Crippen LogP contribution in [-0.4, -0.2) is 92.9 Å². The van der Waals surface area contributed by atoms with Crippen molar-refractivity contribution < 1.29 is 36.3 Å². The number of hydrogen-bond donors (Lipinski definition) is 2. The summed E-state index contributed by atoms with van der Waals surface area (Å²) in [7, 11) is 0. The zero-order valence-corrected chi connectivity index (χ0v) is 23.8. The topological polar surface area (TPSA) is 77.2 Å². The zero-order chi connectivity index (χ0) is 30.4. The molecule has 42 heavy (non-hydrogen) atoms. The second kappa shape index (κ2) is 14.0. The number of nitrogens with one attached hydrogen (secondary N) is 2. The normalized spacial score (nSPS) is 18.6. The van der Waals surface area contributed by atoms with E-state index in [1.165, 1.54) is 18.2 Å². The Bertz CT molecular complexity index is 1280. The van der Waals surface area contributed by atoms with Gasteiger partial charge in [-0.05, 0) is 31.2 Å². The first-order valence-electron chi connectivity index (χ1n) is 13.6. The Morgan fingerprint density at radius 1 is 1.02 bits per heavy atom. The third-order valence-electron chi connectivity index (χ3n) is 7.29. The highest BCUT2D eigenvalue weighted by molar-refractivity contribution is 6.31. The highest BCUT2D eigenvalue weighted by atomic mass is 35.5. The Kier molecular flexibility index (Phi) is 10.6. The molecular weight excluding hydrogens is 585 g/mol. The SMILES string of the molecule is C[C@@H]1CN(CCC(F)(F)F)CCN1c1cc(Cl)ccc1NC(=O)c1ccc(CNC(=O)CN2CCOCC2)c(F)c1F. The Morgan fingerprint density at radius 3 is 2.45 bits per heavy atom. The number of benzene rings is 2. The molecule has 4 rings (SSSR count). The first-order chi connectivity index (χ1) is 19.9. The van der Waals surface area contributed by atoms with Crippen LogP contribution in [0.4, 0.5) is 33.3 Å². The van der Waals surface area contributed by atoms with Gasteiger partial charge in [0.2, 0.25) is 5.91 Å². The molecule has 0 bridgehead atoms. The maximum atomic E-state index is 15.0. The van der Waals surface area contributed by atoms with Crippen molar-refractivity contribution in [2.45, 2.75) is 32.1 Å². The van der Waals surface area contributed by atoms with Gasteiger partial charge in [0.15, 0.2) is 11.6 Å². The quantitative estimate of drug-likeness (QED) is 0.409. The van der Waals surface area contributed by atoms with Gasteiger partial charge in [0.25, 0.3) is 5.91 Å². The minimum Gasteiger partial charge on any atom is -0.379 e. The molecule has 1 atom stereocenters. The van der Waals surface area contributed by atoms with Crippen LogP contribution in [0.2, 0.25) is 5.02 Å². The summed E-state index contributed by atoms with van der Waals surface area (Å²) in [6.07, 6.45) is -5.14. The van der Waals surface area contributed by atoms with Gasteiger partial charge in [0.1, 0.15) is 0 Å². The van der Waals surface area contributed by atoms with E-state index in [9.17, 15) is 27.2 Å². The molecule has 2 aliphatic heterocycles. The van der Waals surface area contributed by atoms with Crippen molar-refractivity contribution in [2.24, 2.45) is 0 Å². The average Bonchev–Trinajstić information content (AvgIpc) is 2.94. The molecule has 0 aliphatic carbocycles. The molecule has 2 N–H and O–H groups in total. The fourth-order valence-corrected chi connectivity index (χ4v) is 5.20. The van der Waals surface area contributed by atoms with E-state index in [-0.39, 0.29) is 37.1 Å². The molecule has 14 heteroatoms. The standard InChI is InChI=1S/C28H33ClF5N5O3/c1-18-16-37(7-6-28(32,33)34)8-9-39(18)23-14-20(29)3-5-22(23)36-27(41)21-4-2-19(25(30)26(21)31)15-35-24(40)17-38-10-12-42-13-11-38/h2-5,14,18H,6-13,15-17H2,1H3,(H,35,40)(H,36,41)/t18-/m1/s1.